The number of carbonyl (C=O) groups is 2. The van der Waals surface area contributed by atoms with Crippen molar-refractivity contribution in [3.8, 4) is 5.75 Å². The molecular formula is C19H15FN2O6S2. The molecule has 1 amide bonds. The van der Waals surface area contributed by atoms with E-state index in [1.165, 1.54) is 24.3 Å². The van der Waals surface area contributed by atoms with Crippen LogP contribution in [0.15, 0.2) is 64.2 Å². The summed E-state index contributed by atoms with van der Waals surface area (Å²) in [5.41, 5.74) is 0.0187. The Kier molecular flexibility index (Phi) is 6.33. The quantitative estimate of drug-likeness (QED) is 0.375. The molecular weight excluding hydrogens is 435 g/mol. The molecule has 3 rings (SSSR count). The number of carbonyl (C=O) groups excluding carboxylic acids is 2. The van der Waals surface area contributed by atoms with Gasteiger partial charge in [-0.25, -0.2) is 17.6 Å². The van der Waals surface area contributed by atoms with Crippen LogP contribution in [0.1, 0.15) is 10.4 Å². The molecule has 1 aromatic heterocycles. The number of halogens is 1. The fourth-order valence-corrected chi connectivity index (χ4v) is 4.37. The van der Waals surface area contributed by atoms with Crippen molar-refractivity contribution < 1.29 is 32.2 Å². The number of phenols is 1. The third kappa shape index (κ3) is 5.33. The number of aromatic hydroxyl groups is 1. The van der Waals surface area contributed by atoms with Crippen molar-refractivity contribution in [2.24, 2.45) is 0 Å². The largest absolute Gasteiger partial charge is 0.507 e. The van der Waals surface area contributed by atoms with E-state index in [4.69, 9.17) is 4.74 Å². The fraction of sp³-hybridized carbons (Fsp3) is 0.0526. The van der Waals surface area contributed by atoms with Crippen LogP contribution >= 0.6 is 11.3 Å². The second kappa shape index (κ2) is 8.93. The molecule has 3 aromatic rings. The van der Waals surface area contributed by atoms with Gasteiger partial charge in [-0.15, -0.1) is 11.3 Å². The Labute approximate surface area is 175 Å². The van der Waals surface area contributed by atoms with Crippen LogP contribution in [0.2, 0.25) is 0 Å². The Morgan fingerprint density at radius 1 is 1.07 bits per heavy atom. The topological polar surface area (TPSA) is 122 Å². The number of amides is 1. The van der Waals surface area contributed by atoms with Gasteiger partial charge in [-0.1, -0.05) is 6.07 Å². The Balaban J connectivity index is 1.64. The Morgan fingerprint density at radius 3 is 2.43 bits per heavy atom. The number of phenolic OH excluding ortho intramolecular Hbond substituents is 1. The van der Waals surface area contributed by atoms with E-state index in [0.29, 0.717) is 5.69 Å². The lowest BCUT2D eigenvalue weighted by Gasteiger charge is -2.10. The molecule has 8 nitrogen and oxygen atoms in total. The van der Waals surface area contributed by atoms with Crippen LogP contribution < -0.4 is 10.0 Å². The highest BCUT2D eigenvalue weighted by Gasteiger charge is 2.19. The Hall–Kier alpha value is -3.44. The predicted octanol–water partition coefficient (Wildman–Crippen LogP) is 3.19. The first-order chi connectivity index (χ1) is 14.2. The Bertz CT molecular complexity index is 1160. The van der Waals surface area contributed by atoms with Crippen molar-refractivity contribution in [1.82, 2.24) is 0 Å². The van der Waals surface area contributed by atoms with Crippen LogP contribution in [0.25, 0.3) is 0 Å². The summed E-state index contributed by atoms with van der Waals surface area (Å²) in [6.07, 6.45) is 0. The highest BCUT2D eigenvalue weighted by atomic mass is 32.2. The number of benzene rings is 2. The average molecular weight is 450 g/mol. The minimum absolute atomic E-state index is 0.0314. The van der Waals surface area contributed by atoms with Gasteiger partial charge in [0.15, 0.2) is 6.61 Å². The van der Waals surface area contributed by atoms with Crippen LogP contribution in [0.5, 0.6) is 5.75 Å². The molecule has 156 valence electrons. The zero-order valence-electron chi connectivity index (χ0n) is 15.2. The van der Waals surface area contributed by atoms with E-state index in [2.05, 4.69) is 10.0 Å². The highest BCUT2D eigenvalue weighted by Crippen LogP contribution is 2.25. The second-order valence-electron chi connectivity index (χ2n) is 5.90. The molecule has 0 fully saturated rings. The van der Waals surface area contributed by atoms with Gasteiger partial charge >= 0.3 is 5.97 Å². The molecule has 0 unspecified atom stereocenters. The molecule has 0 saturated carbocycles. The maximum Gasteiger partial charge on any atom is 0.342 e. The van der Waals surface area contributed by atoms with Gasteiger partial charge in [-0.05, 0) is 53.9 Å². The van der Waals surface area contributed by atoms with Crippen LogP contribution in [-0.2, 0) is 19.6 Å². The molecule has 11 heteroatoms. The number of anilines is 2. The van der Waals surface area contributed by atoms with E-state index < -0.39 is 40.1 Å². The molecule has 3 N–H and O–H groups in total. The van der Waals surface area contributed by atoms with E-state index in [-0.39, 0.29) is 15.5 Å². The molecule has 0 bridgehead atoms. The molecule has 0 saturated heterocycles. The minimum atomic E-state index is -3.84. The smallest absolute Gasteiger partial charge is 0.342 e. The maximum absolute atomic E-state index is 12.9. The van der Waals surface area contributed by atoms with Gasteiger partial charge in [-0.2, -0.15) is 0 Å². The summed E-state index contributed by atoms with van der Waals surface area (Å²) >= 11 is 1.02. The van der Waals surface area contributed by atoms with E-state index in [1.54, 1.807) is 11.4 Å². The normalized spacial score (nSPS) is 11.0. The van der Waals surface area contributed by atoms with E-state index in [9.17, 15) is 27.5 Å². The third-order valence-corrected chi connectivity index (χ3v) is 6.47. The lowest BCUT2D eigenvalue weighted by atomic mass is 10.2. The van der Waals surface area contributed by atoms with Crippen LogP contribution in [0, 0.1) is 5.82 Å². The molecule has 0 aliphatic heterocycles. The first kappa shape index (κ1) is 21.3. The first-order valence-electron chi connectivity index (χ1n) is 8.36. The summed E-state index contributed by atoms with van der Waals surface area (Å²) in [5, 5.41) is 13.9. The van der Waals surface area contributed by atoms with E-state index >= 15 is 0 Å². The van der Waals surface area contributed by atoms with Gasteiger partial charge in [0.2, 0.25) is 0 Å². The predicted molar refractivity (Wildman–Crippen MR) is 109 cm³/mol. The molecule has 0 aliphatic carbocycles. The third-order valence-electron chi connectivity index (χ3n) is 3.69. The van der Waals surface area contributed by atoms with Gasteiger partial charge in [0.05, 0.1) is 0 Å². The molecule has 0 atom stereocenters. The van der Waals surface area contributed by atoms with E-state index in [0.717, 1.165) is 35.6 Å². The standard InChI is InChI=1S/C19H15FN2O6S2/c20-12-3-5-13(6-4-12)21-17(24)11-28-19(25)15-10-14(7-8-16(15)23)22-30(26,27)18-2-1-9-29-18/h1-10,22-23H,11H2,(H,21,24). The van der Waals surface area contributed by atoms with Crippen LogP contribution in [-0.4, -0.2) is 32.0 Å². The number of hydrogen-bond acceptors (Lipinski definition) is 7. The van der Waals surface area contributed by atoms with Crippen molar-refractivity contribution in [2.45, 2.75) is 4.21 Å². The van der Waals surface area contributed by atoms with Gasteiger partial charge in [0.25, 0.3) is 15.9 Å². The SMILES string of the molecule is O=C(COC(=O)c1cc(NS(=O)(=O)c2cccs2)ccc1O)Nc1ccc(F)cc1. The molecule has 1 heterocycles. The number of sulfonamides is 1. The number of esters is 1. The van der Waals surface area contributed by atoms with Crippen molar-refractivity contribution >= 4 is 44.6 Å². The van der Waals surface area contributed by atoms with E-state index in [1.807, 2.05) is 0 Å². The lowest BCUT2D eigenvalue weighted by Crippen LogP contribution is -2.21. The summed E-state index contributed by atoms with van der Waals surface area (Å²) in [6, 6.07) is 11.5. The van der Waals surface area contributed by atoms with Crippen molar-refractivity contribution in [3.05, 3.63) is 71.4 Å². The molecule has 0 radical (unpaired) electrons. The minimum Gasteiger partial charge on any atom is -0.507 e. The summed E-state index contributed by atoms with van der Waals surface area (Å²) in [4.78, 5) is 24.1. The van der Waals surface area contributed by atoms with Gasteiger partial charge < -0.3 is 15.2 Å². The molecule has 30 heavy (non-hydrogen) atoms. The molecule has 0 aliphatic rings. The molecule has 0 spiro atoms. The average Bonchev–Trinajstić information content (AvgIpc) is 3.25. The highest BCUT2D eigenvalue weighted by molar-refractivity contribution is 7.94. The van der Waals surface area contributed by atoms with Gasteiger partial charge in [0.1, 0.15) is 21.3 Å². The number of nitrogens with one attached hydrogen (secondary N) is 2. The lowest BCUT2D eigenvalue weighted by molar-refractivity contribution is -0.119. The number of thiophene rings is 1. The van der Waals surface area contributed by atoms with Crippen molar-refractivity contribution in [3.63, 3.8) is 0 Å². The number of hydrogen-bond donors (Lipinski definition) is 3. The number of ether oxygens (including phenoxy) is 1. The summed E-state index contributed by atoms with van der Waals surface area (Å²) in [5.74, 6) is -2.62. The fourth-order valence-electron chi connectivity index (χ4n) is 2.32. The zero-order chi connectivity index (χ0) is 21.7. The number of rotatable bonds is 7. The van der Waals surface area contributed by atoms with Crippen molar-refractivity contribution in [2.75, 3.05) is 16.6 Å². The van der Waals surface area contributed by atoms with Crippen LogP contribution in [0.4, 0.5) is 15.8 Å². The summed E-state index contributed by atoms with van der Waals surface area (Å²) < 4.78 is 44.7. The summed E-state index contributed by atoms with van der Waals surface area (Å²) in [6.45, 7) is -0.666. The maximum atomic E-state index is 12.9. The van der Waals surface area contributed by atoms with Crippen LogP contribution in [0.3, 0.4) is 0 Å². The Morgan fingerprint density at radius 2 is 1.77 bits per heavy atom. The first-order valence-corrected chi connectivity index (χ1v) is 10.7. The monoisotopic (exact) mass is 450 g/mol. The second-order valence-corrected chi connectivity index (χ2v) is 8.76. The van der Waals surface area contributed by atoms with Crippen molar-refractivity contribution in [1.29, 1.82) is 0 Å². The molecule has 2 aromatic carbocycles. The van der Waals surface area contributed by atoms with Gasteiger partial charge in [0, 0.05) is 11.4 Å². The zero-order valence-corrected chi connectivity index (χ0v) is 16.8. The summed E-state index contributed by atoms with van der Waals surface area (Å²) in [7, 11) is -3.84. The van der Waals surface area contributed by atoms with Gasteiger partial charge in [-0.3, -0.25) is 9.52 Å².